The average Bonchev–Trinajstić information content (AvgIpc) is 3.38. The normalized spacial score (nSPS) is 16.7. The lowest BCUT2D eigenvalue weighted by molar-refractivity contribution is 0.0599. The van der Waals surface area contributed by atoms with Crippen LogP contribution in [-0.2, 0) is 14.8 Å². The number of pyridine rings is 1. The number of piperazine rings is 1. The zero-order chi connectivity index (χ0) is 23.9. The number of Topliss-reactive ketones (excluding diaryl/α,β-unsaturated/α-hetero) is 1. The number of fused-ring (bicyclic) bond motifs is 1. The van der Waals surface area contributed by atoms with Crippen LogP contribution in [0.5, 0.6) is 0 Å². The standard InChI is InChI=1S/C22H27N5O5S/c1-13-18(22(29)32-4)14(2)25-19(13)20(28)15(3)26-8-10-27(11-9-26)33(30,31)17-12-24-21-16(17)6-5-7-23-21/h5-7,12,15,25H,8-11H2,1-4H3,(H,23,24). The summed E-state index contributed by atoms with van der Waals surface area (Å²) >= 11 is 0. The first kappa shape index (κ1) is 23.1. The van der Waals surface area contributed by atoms with Crippen LogP contribution in [0.1, 0.15) is 39.0 Å². The molecule has 1 aliphatic heterocycles. The second kappa shape index (κ2) is 8.73. The Morgan fingerprint density at radius 1 is 1.18 bits per heavy atom. The van der Waals surface area contributed by atoms with Gasteiger partial charge in [-0.25, -0.2) is 18.2 Å². The fourth-order valence-electron chi connectivity index (χ4n) is 4.39. The summed E-state index contributed by atoms with van der Waals surface area (Å²) in [6.45, 7) is 6.60. The van der Waals surface area contributed by atoms with Crippen LogP contribution in [0.4, 0.5) is 0 Å². The summed E-state index contributed by atoms with van der Waals surface area (Å²) in [5, 5.41) is 0.558. The Bertz CT molecular complexity index is 1320. The molecule has 1 aliphatic rings. The van der Waals surface area contributed by atoms with Crippen LogP contribution in [-0.4, -0.2) is 83.7 Å². The van der Waals surface area contributed by atoms with Crippen LogP contribution in [0.3, 0.4) is 0 Å². The number of sulfonamides is 1. The minimum atomic E-state index is -3.70. The molecule has 4 rings (SSSR count). The minimum absolute atomic E-state index is 0.148. The van der Waals surface area contributed by atoms with Crippen LogP contribution in [0.2, 0.25) is 0 Å². The number of ketones is 1. The summed E-state index contributed by atoms with van der Waals surface area (Å²) < 4.78 is 32.7. The number of carbonyl (C=O) groups is 2. The largest absolute Gasteiger partial charge is 0.465 e. The Hall–Kier alpha value is -3.02. The summed E-state index contributed by atoms with van der Waals surface area (Å²) in [7, 11) is -2.39. The van der Waals surface area contributed by atoms with E-state index >= 15 is 0 Å². The number of esters is 1. The Morgan fingerprint density at radius 3 is 2.55 bits per heavy atom. The lowest BCUT2D eigenvalue weighted by atomic mass is 10.0. The minimum Gasteiger partial charge on any atom is -0.465 e. The molecule has 1 fully saturated rings. The van der Waals surface area contributed by atoms with E-state index in [1.54, 1.807) is 39.1 Å². The lowest BCUT2D eigenvalue weighted by Crippen LogP contribution is -2.53. The number of hydrogen-bond acceptors (Lipinski definition) is 7. The van der Waals surface area contributed by atoms with E-state index in [2.05, 4.69) is 15.0 Å². The fourth-order valence-corrected chi connectivity index (χ4v) is 5.97. The number of rotatable bonds is 6. The van der Waals surface area contributed by atoms with E-state index in [0.29, 0.717) is 46.6 Å². The molecule has 0 spiro atoms. The molecule has 1 atom stereocenters. The highest BCUT2D eigenvalue weighted by molar-refractivity contribution is 7.89. The first-order chi connectivity index (χ1) is 15.7. The molecule has 1 saturated heterocycles. The maximum atomic E-state index is 13.2. The Labute approximate surface area is 192 Å². The van der Waals surface area contributed by atoms with Crippen molar-refractivity contribution in [1.82, 2.24) is 24.2 Å². The maximum Gasteiger partial charge on any atom is 0.339 e. The van der Waals surface area contributed by atoms with Gasteiger partial charge < -0.3 is 14.7 Å². The van der Waals surface area contributed by atoms with Gasteiger partial charge in [0.2, 0.25) is 10.0 Å². The van der Waals surface area contributed by atoms with Crippen molar-refractivity contribution in [2.75, 3.05) is 33.3 Å². The molecule has 0 saturated carbocycles. The van der Waals surface area contributed by atoms with Crippen LogP contribution in [0, 0.1) is 13.8 Å². The smallest absolute Gasteiger partial charge is 0.339 e. The molecule has 0 aromatic carbocycles. The SMILES string of the molecule is COC(=O)c1c(C)[nH]c(C(=O)C(C)N2CCN(S(=O)(=O)c3c[nH]c4ncccc34)CC2)c1C. The van der Waals surface area contributed by atoms with E-state index in [1.165, 1.54) is 17.6 Å². The van der Waals surface area contributed by atoms with Gasteiger partial charge in [0, 0.05) is 49.7 Å². The number of aromatic nitrogens is 3. The number of aromatic amines is 2. The number of H-pyrrole nitrogens is 2. The highest BCUT2D eigenvalue weighted by Gasteiger charge is 2.34. The van der Waals surface area contributed by atoms with Crippen molar-refractivity contribution < 1.29 is 22.7 Å². The summed E-state index contributed by atoms with van der Waals surface area (Å²) in [6, 6.07) is 2.96. The van der Waals surface area contributed by atoms with E-state index in [1.807, 2.05) is 4.90 Å². The molecule has 1 unspecified atom stereocenters. The number of nitrogens with one attached hydrogen (secondary N) is 2. The summed E-state index contributed by atoms with van der Waals surface area (Å²) in [4.78, 5) is 37.5. The van der Waals surface area contributed by atoms with Crippen molar-refractivity contribution in [2.45, 2.75) is 31.7 Å². The molecule has 0 aliphatic carbocycles. The van der Waals surface area contributed by atoms with Gasteiger partial charge in [-0.1, -0.05) is 0 Å². The third-order valence-corrected chi connectivity index (χ3v) is 8.24. The highest BCUT2D eigenvalue weighted by atomic mass is 32.2. The number of aryl methyl sites for hydroxylation is 1. The third kappa shape index (κ3) is 3.96. The Balaban J connectivity index is 1.48. The lowest BCUT2D eigenvalue weighted by Gasteiger charge is -2.36. The molecule has 0 bridgehead atoms. The summed E-state index contributed by atoms with van der Waals surface area (Å²) in [5.41, 5.74) is 2.42. The van der Waals surface area contributed by atoms with Crippen molar-refractivity contribution in [3.8, 4) is 0 Å². The quantitative estimate of drug-likeness (QED) is 0.413. The average molecular weight is 474 g/mol. The maximum absolute atomic E-state index is 13.2. The van der Waals surface area contributed by atoms with Gasteiger partial charge in [0.25, 0.3) is 0 Å². The number of ether oxygens (including phenoxy) is 1. The van der Waals surface area contributed by atoms with Gasteiger partial charge in [0.05, 0.1) is 24.4 Å². The van der Waals surface area contributed by atoms with Gasteiger partial charge in [-0.05, 0) is 38.5 Å². The van der Waals surface area contributed by atoms with Crippen molar-refractivity contribution in [3.05, 3.63) is 47.0 Å². The second-order valence-electron chi connectivity index (χ2n) is 8.15. The Kier molecular flexibility index (Phi) is 6.12. The van der Waals surface area contributed by atoms with Gasteiger partial charge in [-0.3, -0.25) is 9.69 Å². The van der Waals surface area contributed by atoms with Crippen molar-refractivity contribution in [1.29, 1.82) is 0 Å². The van der Waals surface area contributed by atoms with Crippen LogP contribution < -0.4 is 0 Å². The fraction of sp³-hybridized carbons (Fsp3) is 0.409. The van der Waals surface area contributed by atoms with Crippen LogP contribution in [0.15, 0.2) is 29.4 Å². The van der Waals surface area contributed by atoms with Crippen molar-refractivity contribution in [3.63, 3.8) is 0 Å². The van der Waals surface area contributed by atoms with Crippen LogP contribution >= 0.6 is 0 Å². The third-order valence-electron chi connectivity index (χ3n) is 6.30. The second-order valence-corrected chi connectivity index (χ2v) is 10.1. The monoisotopic (exact) mass is 473 g/mol. The van der Waals surface area contributed by atoms with Crippen molar-refractivity contribution in [2.24, 2.45) is 0 Å². The molecule has 4 heterocycles. The first-order valence-electron chi connectivity index (χ1n) is 10.6. The molecule has 33 heavy (non-hydrogen) atoms. The highest BCUT2D eigenvalue weighted by Crippen LogP contribution is 2.26. The zero-order valence-corrected chi connectivity index (χ0v) is 19.8. The van der Waals surface area contributed by atoms with Crippen LogP contribution in [0.25, 0.3) is 11.0 Å². The topological polar surface area (TPSA) is 128 Å². The number of carbonyl (C=O) groups excluding carboxylic acids is 2. The van der Waals surface area contributed by atoms with Gasteiger partial charge in [0.1, 0.15) is 10.5 Å². The van der Waals surface area contributed by atoms with Gasteiger partial charge >= 0.3 is 5.97 Å². The molecule has 10 nitrogen and oxygen atoms in total. The summed E-state index contributed by atoms with van der Waals surface area (Å²) in [5.74, 6) is -0.635. The van der Waals surface area contributed by atoms with E-state index < -0.39 is 22.0 Å². The molecule has 176 valence electrons. The zero-order valence-electron chi connectivity index (χ0n) is 19.0. The van der Waals surface area contributed by atoms with Gasteiger partial charge in [0.15, 0.2) is 5.78 Å². The van der Waals surface area contributed by atoms with E-state index in [-0.39, 0.29) is 23.8 Å². The Morgan fingerprint density at radius 2 is 1.88 bits per heavy atom. The number of methoxy groups -OCH3 is 1. The molecule has 3 aromatic rings. The van der Waals surface area contributed by atoms with E-state index in [0.717, 1.165) is 0 Å². The predicted octanol–water partition coefficient (Wildman–Crippen LogP) is 1.87. The summed E-state index contributed by atoms with van der Waals surface area (Å²) in [6.07, 6.45) is 3.08. The first-order valence-corrected chi connectivity index (χ1v) is 12.1. The molecular weight excluding hydrogens is 446 g/mol. The van der Waals surface area contributed by atoms with E-state index in [9.17, 15) is 18.0 Å². The number of nitrogens with zero attached hydrogens (tertiary/aromatic N) is 3. The molecule has 0 amide bonds. The van der Waals surface area contributed by atoms with Crippen molar-refractivity contribution >= 4 is 32.8 Å². The predicted molar refractivity (Wildman–Crippen MR) is 122 cm³/mol. The van der Waals surface area contributed by atoms with E-state index in [4.69, 9.17) is 4.74 Å². The molecule has 11 heteroatoms. The molecule has 0 radical (unpaired) electrons. The molecule has 3 aromatic heterocycles. The molecular formula is C22H27N5O5S. The van der Waals surface area contributed by atoms with Gasteiger partial charge in [-0.15, -0.1) is 0 Å². The van der Waals surface area contributed by atoms with Gasteiger partial charge in [-0.2, -0.15) is 4.31 Å². The number of hydrogen-bond donors (Lipinski definition) is 2. The molecule has 2 N–H and O–H groups in total.